The lowest BCUT2D eigenvalue weighted by atomic mass is 9.89. The summed E-state index contributed by atoms with van der Waals surface area (Å²) in [5.74, 6) is 0.810. The third-order valence-electron chi connectivity index (χ3n) is 3.71. The molecule has 2 rings (SSSR count). The molecule has 1 fully saturated rings. The Hall–Kier alpha value is -1.58. The predicted octanol–water partition coefficient (Wildman–Crippen LogP) is 2.38. The van der Waals surface area contributed by atoms with E-state index in [1.807, 2.05) is 12.1 Å². The Bertz CT molecular complexity index is 410. The molecule has 1 aromatic rings. The highest BCUT2D eigenvalue weighted by Crippen LogP contribution is 2.26. The van der Waals surface area contributed by atoms with Crippen LogP contribution in [0.25, 0.3) is 0 Å². The van der Waals surface area contributed by atoms with Crippen LogP contribution in [0, 0.1) is 11.3 Å². The molecule has 1 heterocycles. The molecule has 0 bridgehead atoms. The Morgan fingerprint density at radius 3 is 2.83 bits per heavy atom. The molecular formula is C14H22N4. The number of hydrogen-bond acceptors (Lipinski definition) is 3. The van der Waals surface area contributed by atoms with Crippen LogP contribution >= 0.6 is 0 Å². The van der Waals surface area contributed by atoms with Crippen LogP contribution in [0.15, 0.2) is 18.3 Å². The van der Waals surface area contributed by atoms with Gasteiger partial charge in [0.05, 0.1) is 5.69 Å². The van der Waals surface area contributed by atoms with Crippen molar-refractivity contribution in [3.8, 4) is 0 Å². The number of amidine groups is 1. The zero-order chi connectivity index (χ0) is 13.0. The van der Waals surface area contributed by atoms with Crippen LogP contribution in [0.2, 0.25) is 0 Å². The van der Waals surface area contributed by atoms with Gasteiger partial charge in [0, 0.05) is 19.8 Å². The first kappa shape index (κ1) is 12.9. The van der Waals surface area contributed by atoms with Gasteiger partial charge in [-0.2, -0.15) is 0 Å². The summed E-state index contributed by atoms with van der Waals surface area (Å²) in [4.78, 5) is 6.40. The van der Waals surface area contributed by atoms with Crippen LogP contribution in [0.4, 0.5) is 5.69 Å². The summed E-state index contributed by atoms with van der Waals surface area (Å²) in [6, 6.07) is 3.89. The number of rotatable bonds is 4. The first-order chi connectivity index (χ1) is 8.68. The van der Waals surface area contributed by atoms with E-state index in [-0.39, 0.29) is 5.84 Å². The van der Waals surface area contributed by atoms with Gasteiger partial charge in [-0.1, -0.05) is 19.3 Å². The van der Waals surface area contributed by atoms with Crippen LogP contribution < -0.4 is 10.6 Å². The van der Waals surface area contributed by atoms with Crippen LogP contribution in [-0.4, -0.2) is 24.4 Å². The van der Waals surface area contributed by atoms with Gasteiger partial charge in [-0.25, -0.2) is 0 Å². The number of nitrogens with zero attached hydrogens (tertiary/aromatic N) is 2. The quantitative estimate of drug-likeness (QED) is 0.633. The van der Waals surface area contributed by atoms with Crippen molar-refractivity contribution in [1.29, 1.82) is 5.41 Å². The third-order valence-corrected chi connectivity index (χ3v) is 3.71. The minimum absolute atomic E-state index is 0.0427. The van der Waals surface area contributed by atoms with E-state index in [4.69, 9.17) is 11.1 Å². The number of nitrogen functional groups attached to an aromatic ring is 1. The Balaban J connectivity index is 2.08. The van der Waals surface area contributed by atoms with Crippen LogP contribution in [0.5, 0.6) is 0 Å². The summed E-state index contributed by atoms with van der Waals surface area (Å²) in [7, 11) is 2.07. The smallest absolute Gasteiger partial charge is 0.143 e. The van der Waals surface area contributed by atoms with E-state index in [1.54, 1.807) is 6.20 Å². The zero-order valence-corrected chi connectivity index (χ0v) is 11.0. The van der Waals surface area contributed by atoms with Crippen molar-refractivity contribution in [3.05, 3.63) is 24.0 Å². The molecule has 1 aliphatic carbocycles. The molecule has 1 saturated carbocycles. The van der Waals surface area contributed by atoms with Gasteiger partial charge in [-0.05, 0) is 30.9 Å². The summed E-state index contributed by atoms with van der Waals surface area (Å²) in [5.41, 5.74) is 7.14. The molecular weight excluding hydrogens is 224 g/mol. The summed E-state index contributed by atoms with van der Waals surface area (Å²) >= 11 is 0. The molecule has 98 valence electrons. The zero-order valence-electron chi connectivity index (χ0n) is 11.0. The average molecular weight is 246 g/mol. The van der Waals surface area contributed by atoms with Gasteiger partial charge in [0.1, 0.15) is 11.5 Å². The van der Waals surface area contributed by atoms with Crippen molar-refractivity contribution >= 4 is 11.5 Å². The fraction of sp³-hybridized carbons (Fsp3) is 0.571. The highest BCUT2D eigenvalue weighted by molar-refractivity contribution is 5.98. The standard InChI is InChI=1S/C14H22N4/c1-18(10-11-6-3-2-4-7-11)12-8-5-9-17-13(12)14(15)16/h5,8-9,11H,2-4,6-7,10H2,1H3,(H3,15,16). The first-order valence-electron chi connectivity index (χ1n) is 6.69. The minimum Gasteiger partial charge on any atom is -0.382 e. The van der Waals surface area contributed by atoms with Crippen molar-refractivity contribution in [1.82, 2.24) is 4.98 Å². The lowest BCUT2D eigenvalue weighted by Gasteiger charge is -2.29. The molecule has 0 saturated heterocycles. The lowest BCUT2D eigenvalue weighted by Crippen LogP contribution is -2.29. The Morgan fingerprint density at radius 2 is 2.17 bits per heavy atom. The van der Waals surface area contributed by atoms with Crippen molar-refractivity contribution in [2.45, 2.75) is 32.1 Å². The predicted molar refractivity (Wildman–Crippen MR) is 75.1 cm³/mol. The Kier molecular flexibility index (Phi) is 4.18. The van der Waals surface area contributed by atoms with E-state index in [9.17, 15) is 0 Å². The second kappa shape index (κ2) is 5.85. The minimum atomic E-state index is 0.0427. The molecule has 0 aliphatic heterocycles. The molecule has 4 heteroatoms. The molecule has 3 N–H and O–H groups in total. The van der Waals surface area contributed by atoms with Crippen molar-refractivity contribution in [2.24, 2.45) is 11.7 Å². The van der Waals surface area contributed by atoms with Crippen molar-refractivity contribution < 1.29 is 0 Å². The summed E-state index contributed by atoms with van der Waals surface area (Å²) < 4.78 is 0. The first-order valence-corrected chi connectivity index (χ1v) is 6.69. The van der Waals surface area contributed by atoms with E-state index in [1.165, 1.54) is 32.1 Å². The topological polar surface area (TPSA) is 66.0 Å². The maximum Gasteiger partial charge on any atom is 0.143 e. The van der Waals surface area contributed by atoms with Crippen molar-refractivity contribution in [3.63, 3.8) is 0 Å². The molecule has 1 aromatic heterocycles. The molecule has 0 amide bonds. The summed E-state index contributed by atoms with van der Waals surface area (Å²) in [5, 5.41) is 7.58. The Morgan fingerprint density at radius 1 is 1.44 bits per heavy atom. The van der Waals surface area contributed by atoms with Crippen molar-refractivity contribution in [2.75, 3.05) is 18.5 Å². The highest BCUT2D eigenvalue weighted by Gasteiger charge is 2.17. The SMILES string of the molecule is CN(CC1CCCCC1)c1cccnc1C(=N)N. The Labute approximate surface area is 109 Å². The largest absolute Gasteiger partial charge is 0.382 e. The monoisotopic (exact) mass is 246 g/mol. The molecule has 0 spiro atoms. The van der Waals surface area contributed by atoms with Crippen LogP contribution in [0.1, 0.15) is 37.8 Å². The summed E-state index contributed by atoms with van der Waals surface area (Å²) in [6.07, 6.45) is 8.41. The molecule has 18 heavy (non-hydrogen) atoms. The van der Waals surface area contributed by atoms with Gasteiger partial charge in [0.15, 0.2) is 0 Å². The molecule has 0 aromatic carbocycles. The number of nitrogens with one attached hydrogen (secondary N) is 1. The number of nitrogens with two attached hydrogens (primary N) is 1. The second-order valence-corrected chi connectivity index (χ2v) is 5.17. The van der Waals surface area contributed by atoms with Gasteiger partial charge in [-0.15, -0.1) is 0 Å². The van der Waals surface area contributed by atoms with Gasteiger partial charge < -0.3 is 10.6 Å². The lowest BCUT2D eigenvalue weighted by molar-refractivity contribution is 0.362. The van der Waals surface area contributed by atoms with E-state index in [0.717, 1.165) is 18.2 Å². The molecule has 0 unspecified atom stereocenters. The summed E-state index contributed by atoms with van der Waals surface area (Å²) in [6.45, 7) is 1.03. The van der Waals surface area contributed by atoms with E-state index in [0.29, 0.717) is 5.69 Å². The molecule has 1 aliphatic rings. The second-order valence-electron chi connectivity index (χ2n) is 5.17. The third kappa shape index (κ3) is 3.00. The van der Waals surface area contributed by atoms with Gasteiger partial charge in [0.25, 0.3) is 0 Å². The fourth-order valence-corrected chi connectivity index (χ4v) is 2.77. The van der Waals surface area contributed by atoms with E-state index < -0.39 is 0 Å². The number of anilines is 1. The highest BCUT2D eigenvalue weighted by atomic mass is 15.1. The van der Waals surface area contributed by atoms with Crippen LogP contribution in [0.3, 0.4) is 0 Å². The van der Waals surface area contributed by atoms with E-state index >= 15 is 0 Å². The van der Waals surface area contributed by atoms with E-state index in [2.05, 4.69) is 16.9 Å². The van der Waals surface area contributed by atoms with Gasteiger partial charge >= 0.3 is 0 Å². The molecule has 0 radical (unpaired) electrons. The molecule has 0 atom stereocenters. The molecule has 4 nitrogen and oxygen atoms in total. The maximum absolute atomic E-state index is 7.58. The average Bonchev–Trinajstić information content (AvgIpc) is 2.40. The van der Waals surface area contributed by atoms with Crippen LogP contribution in [-0.2, 0) is 0 Å². The number of hydrogen-bond donors (Lipinski definition) is 2. The normalized spacial score (nSPS) is 16.5. The maximum atomic E-state index is 7.58. The number of pyridine rings is 1. The number of aromatic nitrogens is 1. The fourth-order valence-electron chi connectivity index (χ4n) is 2.77. The van der Waals surface area contributed by atoms with Gasteiger partial charge in [-0.3, -0.25) is 10.4 Å². The van der Waals surface area contributed by atoms with Gasteiger partial charge in [0.2, 0.25) is 0 Å².